The molecule has 0 saturated heterocycles. The van der Waals surface area contributed by atoms with Gasteiger partial charge in [-0.3, -0.25) is 13.8 Å². The van der Waals surface area contributed by atoms with E-state index in [0.717, 1.165) is 31.2 Å². The van der Waals surface area contributed by atoms with E-state index >= 15 is 0 Å². The summed E-state index contributed by atoms with van der Waals surface area (Å²) in [5.41, 5.74) is 0.925. The number of carbonyl (C=O) groups excluding carboxylic acids is 2. The minimum absolute atomic E-state index is 0.118. The van der Waals surface area contributed by atoms with Gasteiger partial charge in [0.25, 0.3) is 0 Å². The maximum absolute atomic E-state index is 13.3. The van der Waals surface area contributed by atoms with Crippen LogP contribution in [0.1, 0.15) is 71.3 Å². The van der Waals surface area contributed by atoms with Crippen molar-refractivity contribution < 1.29 is 24.0 Å². The SMILES string of the molecule is CC(C)CC(O)C(O)C(CC1CCCCC1)NC(=O)C(C)CNC(=O)C(Cc1ccc(Cl)cc1)CS(=O)CCN(C)C. The third-order valence-electron chi connectivity index (χ3n) is 8.11. The summed E-state index contributed by atoms with van der Waals surface area (Å²) in [5, 5.41) is 28.2. The van der Waals surface area contributed by atoms with Gasteiger partial charge in [-0.25, -0.2) is 0 Å². The molecular weight excluding hydrogens is 574 g/mol. The summed E-state index contributed by atoms with van der Waals surface area (Å²) in [4.78, 5) is 28.5. The fourth-order valence-corrected chi connectivity index (χ4v) is 7.08. The number of aliphatic hydroxyl groups excluding tert-OH is 2. The molecular formula is C32H54ClN3O5S. The minimum atomic E-state index is -1.18. The van der Waals surface area contributed by atoms with Crippen LogP contribution >= 0.6 is 11.6 Å². The standard InChI is InChI=1S/C32H54ClN3O5S/c1-22(2)17-29(37)30(38)28(19-24-9-7-6-8-10-24)35-31(39)23(3)20-34-32(40)26(21-42(41)16-15-36(4)5)18-25-11-13-27(33)14-12-25/h11-14,22-24,26,28-30,37-38H,6-10,15-21H2,1-5H3,(H,34,40)(H,35,39). The molecule has 8 nitrogen and oxygen atoms in total. The highest BCUT2D eigenvalue weighted by molar-refractivity contribution is 7.85. The summed E-state index contributed by atoms with van der Waals surface area (Å²) in [7, 11) is 2.67. The van der Waals surface area contributed by atoms with Gasteiger partial charge in [0.2, 0.25) is 11.8 Å². The average molecular weight is 628 g/mol. The summed E-state index contributed by atoms with van der Waals surface area (Å²) in [6.45, 7) is 6.51. The van der Waals surface area contributed by atoms with Gasteiger partial charge in [-0.1, -0.05) is 76.6 Å². The predicted octanol–water partition coefficient (Wildman–Crippen LogP) is 3.78. The highest BCUT2D eigenvalue weighted by Crippen LogP contribution is 2.29. The van der Waals surface area contributed by atoms with Gasteiger partial charge >= 0.3 is 0 Å². The van der Waals surface area contributed by atoms with Crippen molar-refractivity contribution in [3.05, 3.63) is 34.9 Å². The van der Waals surface area contributed by atoms with Crippen LogP contribution in [0.2, 0.25) is 5.02 Å². The van der Waals surface area contributed by atoms with Gasteiger partial charge in [-0.15, -0.1) is 0 Å². The molecule has 1 saturated carbocycles. The monoisotopic (exact) mass is 627 g/mol. The Labute approximate surface area is 260 Å². The number of halogens is 1. The van der Waals surface area contributed by atoms with E-state index in [2.05, 4.69) is 10.6 Å². The fraction of sp³-hybridized carbons (Fsp3) is 0.750. The zero-order valence-electron chi connectivity index (χ0n) is 26.2. The summed E-state index contributed by atoms with van der Waals surface area (Å²) >= 11 is 6.03. The molecule has 0 aromatic heterocycles. The van der Waals surface area contributed by atoms with Crippen molar-refractivity contribution in [3.8, 4) is 0 Å². The molecule has 0 bridgehead atoms. The average Bonchev–Trinajstić information content (AvgIpc) is 2.94. The number of nitrogens with zero attached hydrogens (tertiary/aromatic N) is 1. The van der Waals surface area contributed by atoms with Crippen LogP contribution in [0.25, 0.3) is 0 Å². The summed E-state index contributed by atoms with van der Waals surface area (Å²) in [5.74, 6) is -0.251. The predicted molar refractivity (Wildman–Crippen MR) is 172 cm³/mol. The molecule has 1 aromatic rings. The number of aliphatic hydroxyl groups is 2. The third-order valence-corrected chi connectivity index (χ3v) is 9.77. The van der Waals surface area contributed by atoms with Crippen LogP contribution in [0.3, 0.4) is 0 Å². The maximum Gasteiger partial charge on any atom is 0.224 e. The number of hydrogen-bond acceptors (Lipinski definition) is 6. The molecule has 2 amide bonds. The minimum Gasteiger partial charge on any atom is -0.390 e. The molecule has 1 fully saturated rings. The van der Waals surface area contributed by atoms with Gasteiger partial charge in [0, 0.05) is 40.4 Å². The van der Waals surface area contributed by atoms with Gasteiger partial charge in [0.1, 0.15) is 6.10 Å². The Hall–Kier alpha value is -1.52. The first-order valence-corrected chi connectivity index (χ1v) is 17.4. The van der Waals surface area contributed by atoms with Crippen molar-refractivity contribution in [1.29, 1.82) is 0 Å². The van der Waals surface area contributed by atoms with Gasteiger partial charge in [0.05, 0.1) is 24.0 Å². The lowest BCUT2D eigenvalue weighted by molar-refractivity contribution is -0.128. The van der Waals surface area contributed by atoms with Crippen molar-refractivity contribution >= 4 is 34.2 Å². The van der Waals surface area contributed by atoms with E-state index in [1.807, 2.05) is 45.0 Å². The summed E-state index contributed by atoms with van der Waals surface area (Å²) in [6, 6.07) is 6.73. The third kappa shape index (κ3) is 13.8. The zero-order valence-corrected chi connectivity index (χ0v) is 27.8. The van der Waals surface area contributed by atoms with Crippen LogP contribution in [-0.2, 0) is 26.8 Å². The van der Waals surface area contributed by atoms with E-state index in [1.165, 1.54) is 6.42 Å². The van der Waals surface area contributed by atoms with E-state index in [-0.39, 0.29) is 30.0 Å². The molecule has 6 unspecified atom stereocenters. The van der Waals surface area contributed by atoms with Crippen LogP contribution in [0.5, 0.6) is 0 Å². The van der Waals surface area contributed by atoms with Gasteiger partial charge in [0.15, 0.2) is 0 Å². The van der Waals surface area contributed by atoms with Gasteiger partial charge in [-0.05, 0) is 62.9 Å². The lowest BCUT2D eigenvalue weighted by Crippen LogP contribution is -2.52. The number of amides is 2. The molecule has 0 spiro atoms. The van der Waals surface area contributed by atoms with Crippen LogP contribution in [0, 0.1) is 23.7 Å². The normalized spacial score (nSPS) is 18.7. The zero-order chi connectivity index (χ0) is 31.2. The van der Waals surface area contributed by atoms with E-state index in [9.17, 15) is 24.0 Å². The van der Waals surface area contributed by atoms with E-state index in [4.69, 9.17) is 11.6 Å². The van der Waals surface area contributed by atoms with Crippen LogP contribution in [0.4, 0.5) is 0 Å². The fourth-order valence-electron chi connectivity index (χ4n) is 5.50. The Morgan fingerprint density at radius 2 is 1.69 bits per heavy atom. The molecule has 42 heavy (non-hydrogen) atoms. The first-order chi connectivity index (χ1) is 19.8. The largest absolute Gasteiger partial charge is 0.390 e. The molecule has 240 valence electrons. The quantitative estimate of drug-likeness (QED) is 0.197. The number of benzene rings is 1. The maximum atomic E-state index is 13.3. The molecule has 1 aliphatic rings. The number of hydrogen-bond donors (Lipinski definition) is 4. The Morgan fingerprint density at radius 1 is 1.05 bits per heavy atom. The molecule has 1 aromatic carbocycles. The number of nitrogens with one attached hydrogen (secondary N) is 2. The Bertz CT molecular complexity index is 971. The first kappa shape index (κ1) is 36.7. The Balaban J connectivity index is 2.03. The molecule has 0 heterocycles. The molecule has 2 rings (SSSR count). The van der Waals surface area contributed by atoms with Crippen molar-refractivity contribution in [2.24, 2.45) is 23.7 Å². The Kier molecular flexibility index (Phi) is 16.6. The van der Waals surface area contributed by atoms with Crippen LogP contribution in [-0.4, -0.2) is 88.1 Å². The topological polar surface area (TPSA) is 119 Å². The highest BCUT2D eigenvalue weighted by Gasteiger charge is 2.32. The van der Waals surface area contributed by atoms with Crippen LogP contribution in [0.15, 0.2) is 24.3 Å². The highest BCUT2D eigenvalue weighted by atomic mass is 35.5. The van der Waals surface area contributed by atoms with Crippen molar-refractivity contribution in [1.82, 2.24) is 15.5 Å². The van der Waals surface area contributed by atoms with E-state index in [1.54, 1.807) is 19.1 Å². The van der Waals surface area contributed by atoms with E-state index in [0.29, 0.717) is 42.5 Å². The van der Waals surface area contributed by atoms with Gasteiger partial charge < -0.3 is 25.7 Å². The second-order valence-corrected chi connectivity index (χ2v) is 14.9. The molecule has 6 atom stereocenters. The smallest absolute Gasteiger partial charge is 0.224 e. The molecule has 0 aliphatic heterocycles. The van der Waals surface area contributed by atoms with Crippen LogP contribution < -0.4 is 10.6 Å². The molecule has 1 aliphatic carbocycles. The number of rotatable bonds is 18. The van der Waals surface area contributed by atoms with Crippen molar-refractivity contribution in [2.75, 3.05) is 38.7 Å². The van der Waals surface area contributed by atoms with Crippen molar-refractivity contribution in [3.63, 3.8) is 0 Å². The van der Waals surface area contributed by atoms with Crippen molar-refractivity contribution in [2.45, 2.75) is 90.4 Å². The summed E-state index contributed by atoms with van der Waals surface area (Å²) in [6.07, 6.45) is 5.16. The number of carbonyl (C=O) groups is 2. The molecule has 0 radical (unpaired) electrons. The first-order valence-electron chi connectivity index (χ1n) is 15.5. The second-order valence-electron chi connectivity index (χ2n) is 12.8. The lowest BCUT2D eigenvalue weighted by Gasteiger charge is -2.33. The Morgan fingerprint density at radius 3 is 2.29 bits per heavy atom. The molecule has 10 heteroatoms. The lowest BCUT2D eigenvalue weighted by atomic mass is 9.82. The molecule has 4 N–H and O–H groups in total. The summed E-state index contributed by atoms with van der Waals surface area (Å²) < 4.78 is 12.8. The van der Waals surface area contributed by atoms with E-state index < -0.39 is 40.9 Å². The van der Waals surface area contributed by atoms with Gasteiger partial charge in [-0.2, -0.15) is 0 Å². The second kappa shape index (κ2) is 19.0.